The molecule has 0 spiro atoms. The molecule has 0 radical (unpaired) electrons. The van der Waals surface area contributed by atoms with Gasteiger partial charge in [0.2, 0.25) is 15.8 Å². The highest BCUT2D eigenvalue weighted by Gasteiger charge is 2.19. The lowest BCUT2D eigenvalue weighted by Gasteiger charge is -2.07. The molecule has 3 rings (SSSR count). The third-order valence-electron chi connectivity index (χ3n) is 3.82. The van der Waals surface area contributed by atoms with Crippen LogP contribution in [0.1, 0.15) is 16.1 Å². The molecule has 0 aliphatic carbocycles. The summed E-state index contributed by atoms with van der Waals surface area (Å²) in [6.45, 7) is 1.64. The maximum atomic E-state index is 13.3. The minimum absolute atomic E-state index is 0.00750. The molecule has 0 fully saturated rings. The van der Waals surface area contributed by atoms with Crippen LogP contribution < -0.4 is 9.88 Å². The van der Waals surface area contributed by atoms with E-state index in [-0.39, 0.29) is 23.9 Å². The van der Waals surface area contributed by atoms with E-state index in [1.54, 1.807) is 6.92 Å². The number of carbonyl (C=O) groups is 1. The number of furan rings is 1. The van der Waals surface area contributed by atoms with Crippen LogP contribution in [0.15, 0.2) is 51.8 Å². The van der Waals surface area contributed by atoms with Crippen molar-refractivity contribution in [2.45, 2.75) is 11.8 Å². The van der Waals surface area contributed by atoms with Gasteiger partial charge in [0.1, 0.15) is 30.4 Å². The van der Waals surface area contributed by atoms with Crippen LogP contribution in [-0.2, 0) is 14.8 Å². The second-order valence-electron chi connectivity index (χ2n) is 5.70. The average molecular weight is 393 g/mol. The number of nitrogens with two attached hydrogens (primary N) is 1. The molecule has 2 aromatic carbocycles. The van der Waals surface area contributed by atoms with Crippen LogP contribution >= 0.6 is 0 Å². The lowest BCUT2D eigenvalue weighted by atomic mass is 10.1. The molecule has 0 unspecified atom stereocenters. The molecular formula is C18H16FNO6S. The smallest absolute Gasteiger partial charge is 0.374 e. The van der Waals surface area contributed by atoms with Crippen LogP contribution in [0.4, 0.5) is 4.39 Å². The summed E-state index contributed by atoms with van der Waals surface area (Å²) < 4.78 is 51.6. The normalized spacial score (nSPS) is 11.5. The van der Waals surface area contributed by atoms with Crippen molar-refractivity contribution in [1.29, 1.82) is 0 Å². The number of halogens is 1. The number of aryl methyl sites for hydroxylation is 1. The summed E-state index contributed by atoms with van der Waals surface area (Å²) in [5, 5.41) is 5.52. The van der Waals surface area contributed by atoms with Crippen LogP contribution in [-0.4, -0.2) is 27.6 Å². The van der Waals surface area contributed by atoms with Gasteiger partial charge in [0.05, 0.1) is 4.90 Å². The summed E-state index contributed by atoms with van der Waals surface area (Å²) >= 11 is 0. The number of esters is 1. The maximum absolute atomic E-state index is 13.3. The largest absolute Gasteiger partial charge is 0.490 e. The zero-order valence-electron chi connectivity index (χ0n) is 14.3. The van der Waals surface area contributed by atoms with Crippen molar-refractivity contribution in [3.63, 3.8) is 0 Å². The molecule has 9 heteroatoms. The third kappa shape index (κ3) is 4.26. The topological polar surface area (TPSA) is 109 Å². The molecule has 0 saturated carbocycles. The standard InChI is InChI=1S/C18H16FNO6S/c1-11-15-10-12(19)2-7-16(15)26-17(11)18(21)25-9-8-24-13-3-5-14(6-4-13)27(20,22)23/h2-7,10H,8-9H2,1H3,(H2,20,22,23). The van der Waals surface area contributed by atoms with E-state index in [9.17, 15) is 17.6 Å². The highest BCUT2D eigenvalue weighted by Crippen LogP contribution is 2.26. The summed E-state index contributed by atoms with van der Waals surface area (Å²) in [5.41, 5.74) is 0.890. The molecule has 1 aromatic heterocycles. The third-order valence-corrected chi connectivity index (χ3v) is 4.75. The van der Waals surface area contributed by atoms with E-state index in [1.807, 2.05) is 0 Å². The first-order valence-electron chi connectivity index (χ1n) is 7.87. The molecule has 27 heavy (non-hydrogen) atoms. The summed E-state index contributed by atoms with van der Waals surface area (Å²) in [7, 11) is -3.76. The van der Waals surface area contributed by atoms with E-state index in [2.05, 4.69) is 0 Å². The summed E-state index contributed by atoms with van der Waals surface area (Å²) in [5.74, 6) is -0.701. The minimum atomic E-state index is -3.76. The highest BCUT2D eigenvalue weighted by molar-refractivity contribution is 7.89. The van der Waals surface area contributed by atoms with Gasteiger partial charge in [-0.3, -0.25) is 0 Å². The number of rotatable bonds is 6. The predicted molar refractivity (Wildman–Crippen MR) is 94.5 cm³/mol. The fraction of sp³-hybridized carbons (Fsp3) is 0.167. The monoisotopic (exact) mass is 393 g/mol. The molecule has 0 atom stereocenters. The first kappa shape index (κ1) is 18.9. The van der Waals surface area contributed by atoms with Gasteiger partial charge in [-0.15, -0.1) is 0 Å². The fourth-order valence-corrected chi connectivity index (χ4v) is 2.99. The zero-order chi connectivity index (χ0) is 19.6. The Morgan fingerprint density at radius 2 is 1.85 bits per heavy atom. The molecular weight excluding hydrogens is 377 g/mol. The van der Waals surface area contributed by atoms with E-state index >= 15 is 0 Å². The maximum Gasteiger partial charge on any atom is 0.374 e. The van der Waals surface area contributed by atoms with Gasteiger partial charge >= 0.3 is 5.97 Å². The molecule has 1 heterocycles. The fourth-order valence-electron chi connectivity index (χ4n) is 2.47. The van der Waals surface area contributed by atoms with Crippen molar-refractivity contribution < 1.29 is 31.5 Å². The van der Waals surface area contributed by atoms with Gasteiger partial charge in [-0.1, -0.05) is 0 Å². The van der Waals surface area contributed by atoms with Gasteiger partial charge in [-0.2, -0.15) is 0 Å². The Balaban J connectivity index is 1.56. The molecule has 7 nitrogen and oxygen atoms in total. The first-order valence-corrected chi connectivity index (χ1v) is 9.42. The number of primary sulfonamides is 1. The predicted octanol–water partition coefficient (Wildman–Crippen LogP) is 2.76. The Morgan fingerprint density at radius 3 is 2.52 bits per heavy atom. The second kappa shape index (κ2) is 7.37. The van der Waals surface area contributed by atoms with E-state index in [1.165, 1.54) is 42.5 Å². The molecule has 0 saturated heterocycles. The lowest BCUT2D eigenvalue weighted by Crippen LogP contribution is -2.13. The van der Waals surface area contributed by atoms with Gasteiger partial charge in [0, 0.05) is 10.9 Å². The van der Waals surface area contributed by atoms with Crippen LogP contribution in [0.3, 0.4) is 0 Å². The number of benzene rings is 2. The summed E-state index contributed by atoms with van der Waals surface area (Å²) in [4.78, 5) is 12.1. The number of ether oxygens (including phenoxy) is 2. The first-order chi connectivity index (χ1) is 12.8. The van der Waals surface area contributed by atoms with Crippen molar-refractivity contribution in [3.8, 4) is 5.75 Å². The number of hydrogen-bond donors (Lipinski definition) is 1. The van der Waals surface area contributed by atoms with Crippen molar-refractivity contribution in [2.24, 2.45) is 5.14 Å². The SMILES string of the molecule is Cc1c(C(=O)OCCOc2ccc(S(N)(=O)=O)cc2)oc2ccc(F)cc12. The van der Waals surface area contributed by atoms with E-state index in [4.69, 9.17) is 19.0 Å². The Kier molecular flexibility index (Phi) is 5.15. The summed E-state index contributed by atoms with van der Waals surface area (Å²) in [6, 6.07) is 9.50. The van der Waals surface area contributed by atoms with Crippen molar-refractivity contribution >= 4 is 27.0 Å². The highest BCUT2D eigenvalue weighted by atomic mass is 32.2. The molecule has 0 aliphatic rings. The van der Waals surface area contributed by atoms with Crippen molar-refractivity contribution in [2.75, 3.05) is 13.2 Å². The van der Waals surface area contributed by atoms with Gasteiger partial charge in [-0.25, -0.2) is 22.7 Å². The zero-order valence-corrected chi connectivity index (χ0v) is 15.1. The quantitative estimate of drug-likeness (QED) is 0.509. The van der Waals surface area contributed by atoms with Crippen LogP contribution in [0.25, 0.3) is 11.0 Å². The molecule has 0 aliphatic heterocycles. The molecule has 3 aromatic rings. The van der Waals surface area contributed by atoms with Crippen molar-refractivity contribution in [3.05, 3.63) is 59.6 Å². The molecule has 0 bridgehead atoms. The van der Waals surface area contributed by atoms with Crippen LogP contribution in [0.5, 0.6) is 5.75 Å². The second-order valence-corrected chi connectivity index (χ2v) is 7.26. The lowest BCUT2D eigenvalue weighted by molar-refractivity contribution is 0.0416. The van der Waals surface area contributed by atoms with E-state index < -0.39 is 21.8 Å². The number of hydrogen-bond acceptors (Lipinski definition) is 6. The number of sulfonamides is 1. The van der Waals surface area contributed by atoms with Gasteiger partial charge < -0.3 is 13.9 Å². The molecule has 0 amide bonds. The number of carbonyl (C=O) groups excluding carboxylic acids is 1. The Bertz CT molecular complexity index is 1090. The van der Waals surface area contributed by atoms with Crippen LogP contribution in [0.2, 0.25) is 0 Å². The van der Waals surface area contributed by atoms with Crippen molar-refractivity contribution in [1.82, 2.24) is 0 Å². The Labute approximate surface area is 154 Å². The van der Waals surface area contributed by atoms with E-state index in [0.717, 1.165) is 0 Å². The van der Waals surface area contributed by atoms with E-state index in [0.29, 0.717) is 22.3 Å². The minimum Gasteiger partial charge on any atom is -0.490 e. The average Bonchev–Trinajstić information content (AvgIpc) is 2.95. The Morgan fingerprint density at radius 1 is 1.15 bits per heavy atom. The summed E-state index contributed by atoms with van der Waals surface area (Å²) in [6.07, 6.45) is 0. The Hall–Kier alpha value is -2.91. The molecule has 2 N–H and O–H groups in total. The van der Waals surface area contributed by atoms with Gasteiger partial charge in [0.25, 0.3) is 0 Å². The molecule has 142 valence electrons. The van der Waals surface area contributed by atoms with Gasteiger partial charge in [0.15, 0.2) is 0 Å². The van der Waals surface area contributed by atoms with Crippen LogP contribution in [0, 0.1) is 12.7 Å². The number of fused-ring (bicyclic) bond motifs is 1. The van der Waals surface area contributed by atoms with Gasteiger partial charge in [-0.05, 0) is 49.4 Å².